The second-order valence-corrected chi connectivity index (χ2v) is 5.65. The van der Waals surface area contributed by atoms with Crippen LogP contribution in [-0.2, 0) is 11.2 Å². The second-order valence-electron chi connectivity index (χ2n) is 4.53. The molecule has 1 rings (SSSR count). The van der Waals surface area contributed by atoms with Gasteiger partial charge in [0, 0.05) is 24.4 Å². The summed E-state index contributed by atoms with van der Waals surface area (Å²) in [6.45, 7) is 0.844. The summed E-state index contributed by atoms with van der Waals surface area (Å²) in [5.41, 5.74) is 1.70. The zero-order valence-corrected chi connectivity index (χ0v) is 13.5. The van der Waals surface area contributed by atoms with Crippen LogP contribution in [0.2, 0.25) is 0 Å². The zero-order chi connectivity index (χ0) is 12.6. The predicted molar refractivity (Wildman–Crippen MR) is 81.3 cm³/mol. The van der Waals surface area contributed by atoms with Crippen molar-refractivity contribution in [3.63, 3.8) is 0 Å². The van der Waals surface area contributed by atoms with E-state index in [4.69, 9.17) is 4.74 Å². The third kappa shape index (κ3) is 5.11. The molecule has 0 saturated heterocycles. The van der Waals surface area contributed by atoms with Crippen LogP contribution in [-0.4, -0.2) is 24.4 Å². The average molecular weight is 364 g/mol. The summed E-state index contributed by atoms with van der Waals surface area (Å²) in [5.74, 6) is 0. The smallest absolute Gasteiger partial charge is 0.0462 e. The van der Waals surface area contributed by atoms with E-state index in [-0.39, 0.29) is 0 Å². The van der Waals surface area contributed by atoms with Gasteiger partial charge in [0.1, 0.15) is 0 Å². The van der Waals surface area contributed by atoms with E-state index in [1.54, 1.807) is 7.11 Å². The number of hydrogen-bond donors (Lipinski definition) is 0. The van der Waals surface area contributed by atoms with Gasteiger partial charge in [0.15, 0.2) is 0 Å². The van der Waals surface area contributed by atoms with Crippen molar-refractivity contribution < 1.29 is 4.74 Å². The van der Waals surface area contributed by atoms with Crippen LogP contribution >= 0.6 is 31.9 Å². The summed E-state index contributed by atoms with van der Waals surface area (Å²) in [5, 5.41) is 2.04. The minimum Gasteiger partial charge on any atom is -0.385 e. The monoisotopic (exact) mass is 362 g/mol. The van der Waals surface area contributed by atoms with E-state index in [0.717, 1.165) is 30.1 Å². The van der Waals surface area contributed by atoms with Crippen molar-refractivity contribution in [1.82, 2.24) is 0 Å². The highest BCUT2D eigenvalue weighted by Crippen LogP contribution is 2.33. The van der Waals surface area contributed by atoms with Gasteiger partial charge in [0.25, 0.3) is 0 Å². The molecular formula is C14H20Br2O. The van der Waals surface area contributed by atoms with Gasteiger partial charge < -0.3 is 4.74 Å². The molecule has 0 aliphatic rings. The molecule has 1 nitrogen and oxygen atoms in total. The van der Waals surface area contributed by atoms with E-state index in [9.17, 15) is 0 Å². The number of methoxy groups -OCH3 is 1. The fourth-order valence-corrected chi connectivity index (χ4v) is 3.86. The van der Waals surface area contributed by atoms with Crippen molar-refractivity contribution in [2.24, 2.45) is 5.41 Å². The van der Waals surface area contributed by atoms with Crippen LogP contribution in [0.25, 0.3) is 0 Å². The summed E-state index contributed by atoms with van der Waals surface area (Å²) in [4.78, 5) is 0. The maximum atomic E-state index is 5.15. The molecular weight excluding hydrogens is 344 g/mol. The summed E-state index contributed by atoms with van der Waals surface area (Å²) in [7, 11) is 1.77. The molecule has 0 amide bonds. The number of halogens is 2. The van der Waals surface area contributed by atoms with Gasteiger partial charge in [-0.25, -0.2) is 0 Å². The molecule has 0 heterocycles. The lowest BCUT2D eigenvalue weighted by molar-refractivity contribution is 0.177. The average Bonchev–Trinajstić information content (AvgIpc) is 2.39. The summed E-state index contributed by atoms with van der Waals surface area (Å²) >= 11 is 7.34. The van der Waals surface area contributed by atoms with Crippen molar-refractivity contribution in [3.8, 4) is 0 Å². The normalized spacial score (nSPS) is 11.7. The molecule has 0 aliphatic heterocycles. The van der Waals surface area contributed by atoms with E-state index >= 15 is 0 Å². The lowest BCUT2D eigenvalue weighted by atomic mass is 9.81. The molecule has 0 saturated carbocycles. The lowest BCUT2D eigenvalue weighted by Crippen LogP contribution is -2.28. The molecule has 3 heteroatoms. The fourth-order valence-electron chi connectivity index (χ4n) is 1.97. The fraction of sp³-hybridized carbons (Fsp3) is 0.571. The second kappa shape index (κ2) is 8.28. The predicted octanol–water partition coefficient (Wildman–Crippen LogP) is 4.43. The van der Waals surface area contributed by atoms with E-state index in [2.05, 4.69) is 62.2 Å². The van der Waals surface area contributed by atoms with E-state index in [1.165, 1.54) is 12.0 Å². The van der Waals surface area contributed by atoms with Gasteiger partial charge >= 0.3 is 0 Å². The van der Waals surface area contributed by atoms with Crippen molar-refractivity contribution in [3.05, 3.63) is 35.9 Å². The van der Waals surface area contributed by atoms with E-state index in [1.807, 2.05) is 0 Å². The van der Waals surface area contributed by atoms with Crippen LogP contribution in [0.5, 0.6) is 0 Å². The highest BCUT2D eigenvalue weighted by molar-refractivity contribution is 9.09. The largest absolute Gasteiger partial charge is 0.385 e. The Morgan fingerprint density at radius 2 is 1.76 bits per heavy atom. The molecule has 17 heavy (non-hydrogen) atoms. The Balaban J connectivity index is 2.63. The molecule has 0 bridgehead atoms. The summed E-state index contributed by atoms with van der Waals surface area (Å²) < 4.78 is 5.15. The maximum Gasteiger partial charge on any atom is 0.0462 e. The number of ether oxygens (including phenoxy) is 1. The van der Waals surface area contributed by atoms with Gasteiger partial charge in [-0.3, -0.25) is 0 Å². The highest BCUT2D eigenvalue weighted by atomic mass is 79.9. The Bertz CT molecular complexity index is 296. The molecule has 0 aromatic heterocycles. The molecule has 1 aromatic rings. The summed E-state index contributed by atoms with van der Waals surface area (Å²) in [6.07, 6.45) is 3.39. The van der Waals surface area contributed by atoms with Crippen LogP contribution < -0.4 is 0 Å². The number of hydrogen-bond acceptors (Lipinski definition) is 1. The Labute approximate surface area is 121 Å². The zero-order valence-electron chi connectivity index (χ0n) is 10.3. The van der Waals surface area contributed by atoms with Crippen molar-refractivity contribution >= 4 is 31.9 Å². The first-order valence-electron chi connectivity index (χ1n) is 5.91. The molecule has 0 radical (unpaired) electrons. The minimum atomic E-state index is 0.292. The third-order valence-corrected chi connectivity index (χ3v) is 5.42. The Hall–Kier alpha value is 0.140. The molecule has 1 aromatic carbocycles. The number of benzene rings is 1. The Morgan fingerprint density at radius 3 is 2.29 bits per heavy atom. The standard InChI is InChI=1S/C14H20Br2O/c1-17-9-5-8-14(11-15,12-16)10-13-6-3-2-4-7-13/h2-4,6-7H,5,8-12H2,1H3. The molecule has 0 unspecified atom stereocenters. The van der Waals surface area contributed by atoms with Crippen LogP contribution in [0.15, 0.2) is 30.3 Å². The molecule has 0 fully saturated rings. The number of rotatable bonds is 8. The summed E-state index contributed by atoms with van der Waals surface area (Å²) in [6, 6.07) is 10.7. The highest BCUT2D eigenvalue weighted by Gasteiger charge is 2.27. The SMILES string of the molecule is COCCCC(CBr)(CBr)Cc1ccccc1. The van der Waals surface area contributed by atoms with Gasteiger partial charge in [-0.1, -0.05) is 62.2 Å². The van der Waals surface area contributed by atoms with Crippen LogP contribution in [0.1, 0.15) is 18.4 Å². The van der Waals surface area contributed by atoms with Crippen molar-refractivity contribution in [2.45, 2.75) is 19.3 Å². The third-order valence-electron chi connectivity index (χ3n) is 3.04. The van der Waals surface area contributed by atoms with Gasteiger partial charge in [0.2, 0.25) is 0 Å². The quantitative estimate of drug-likeness (QED) is 0.490. The van der Waals surface area contributed by atoms with E-state index in [0.29, 0.717) is 5.41 Å². The molecule has 0 N–H and O–H groups in total. The Morgan fingerprint density at radius 1 is 1.12 bits per heavy atom. The maximum absolute atomic E-state index is 5.15. The first kappa shape index (κ1) is 15.2. The minimum absolute atomic E-state index is 0.292. The molecule has 0 spiro atoms. The topological polar surface area (TPSA) is 9.23 Å². The van der Waals surface area contributed by atoms with Gasteiger partial charge in [0.05, 0.1) is 0 Å². The molecule has 96 valence electrons. The van der Waals surface area contributed by atoms with Crippen molar-refractivity contribution in [1.29, 1.82) is 0 Å². The van der Waals surface area contributed by atoms with Gasteiger partial charge in [-0.15, -0.1) is 0 Å². The van der Waals surface area contributed by atoms with E-state index < -0.39 is 0 Å². The van der Waals surface area contributed by atoms with Crippen molar-refractivity contribution in [2.75, 3.05) is 24.4 Å². The molecule has 0 atom stereocenters. The van der Waals surface area contributed by atoms with Crippen LogP contribution in [0.3, 0.4) is 0 Å². The first-order valence-corrected chi connectivity index (χ1v) is 8.15. The number of alkyl halides is 2. The van der Waals surface area contributed by atoms with Gasteiger partial charge in [-0.2, -0.15) is 0 Å². The molecule has 0 aliphatic carbocycles. The van der Waals surface area contributed by atoms with Crippen LogP contribution in [0.4, 0.5) is 0 Å². The van der Waals surface area contributed by atoms with Gasteiger partial charge in [-0.05, 0) is 30.2 Å². The van der Waals surface area contributed by atoms with Crippen LogP contribution in [0, 0.1) is 5.41 Å². The first-order chi connectivity index (χ1) is 8.26. The Kier molecular flexibility index (Phi) is 7.40. The lowest BCUT2D eigenvalue weighted by Gasteiger charge is -2.30.